The lowest BCUT2D eigenvalue weighted by Crippen LogP contribution is -2.45. The minimum absolute atomic E-state index is 0.0920. The standard InChI is InChI=1S/C17H23N7O/c1-3-4-14-7-16(24-17(21-14)18-12-20-24)22-5-6-25-15(10-22)11-23-9-13(2)8-19-23/h7-9,12,15H,3-6,10-11H2,1-2H3/t15-/m1/s1. The molecule has 4 rings (SSSR count). The average Bonchev–Trinajstić information content (AvgIpc) is 3.23. The molecule has 0 aromatic carbocycles. The van der Waals surface area contributed by atoms with Crippen molar-refractivity contribution in [2.24, 2.45) is 0 Å². The SMILES string of the molecule is CCCc1cc(N2CCO[C@@H](Cn3cc(C)cn3)C2)n2ncnc2n1. The predicted molar refractivity (Wildman–Crippen MR) is 93.7 cm³/mol. The Hall–Kier alpha value is -2.48. The number of fused-ring (bicyclic) bond motifs is 1. The van der Waals surface area contributed by atoms with Crippen LogP contribution in [-0.4, -0.2) is 55.2 Å². The third-order valence-electron chi connectivity index (χ3n) is 4.41. The summed E-state index contributed by atoms with van der Waals surface area (Å²) in [6.07, 6.45) is 7.57. The first-order valence-electron chi connectivity index (χ1n) is 8.78. The number of hydrogen-bond acceptors (Lipinski definition) is 6. The zero-order valence-electron chi connectivity index (χ0n) is 14.7. The molecule has 4 heterocycles. The molecule has 0 radical (unpaired) electrons. The Morgan fingerprint density at radius 1 is 1.32 bits per heavy atom. The highest BCUT2D eigenvalue weighted by Crippen LogP contribution is 2.20. The maximum Gasteiger partial charge on any atom is 0.254 e. The lowest BCUT2D eigenvalue weighted by molar-refractivity contribution is 0.0270. The Labute approximate surface area is 146 Å². The van der Waals surface area contributed by atoms with Crippen molar-refractivity contribution >= 4 is 11.6 Å². The zero-order chi connectivity index (χ0) is 17.2. The molecule has 132 valence electrons. The molecule has 0 spiro atoms. The summed E-state index contributed by atoms with van der Waals surface area (Å²) in [6.45, 7) is 7.27. The first-order valence-corrected chi connectivity index (χ1v) is 8.78. The summed E-state index contributed by atoms with van der Waals surface area (Å²) in [5.41, 5.74) is 2.22. The summed E-state index contributed by atoms with van der Waals surface area (Å²) in [4.78, 5) is 11.2. The van der Waals surface area contributed by atoms with Gasteiger partial charge in [0.1, 0.15) is 12.1 Å². The van der Waals surface area contributed by atoms with Gasteiger partial charge in [-0.1, -0.05) is 13.3 Å². The first-order chi connectivity index (χ1) is 12.2. The van der Waals surface area contributed by atoms with Crippen LogP contribution in [0.4, 0.5) is 5.82 Å². The van der Waals surface area contributed by atoms with Crippen molar-refractivity contribution in [2.75, 3.05) is 24.6 Å². The fraction of sp³-hybridized carbons (Fsp3) is 0.529. The number of aryl methyl sites for hydroxylation is 2. The number of ether oxygens (including phenoxy) is 1. The molecule has 1 atom stereocenters. The molecule has 0 unspecified atom stereocenters. The van der Waals surface area contributed by atoms with Crippen LogP contribution in [-0.2, 0) is 17.7 Å². The van der Waals surface area contributed by atoms with E-state index in [1.54, 1.807) is 6.33 Å². The Kier molecular flexibility index (Phi) is 4.35. The van der Waals surface area contributed by atoms with E-state index in [2.05, 4.69) is 38.1 Å². The predicted octanol–water partition coefficient (Wildman–Crippen LogP) is 1.49. The molecule has 3 aromatic heterocycles. The number of rotatable bonds is 5. The lowest BCUT2D eigenvalue weighted by atomic mass is 10.2. The van der Waals surface area contributed by atoms with Crippen LogP contribution in [0.25, 0.3) is 5.78 Å². The van der Waals surface area contributed by atoms with Gasteiger partial charge in [-0.3, -0.25) is 4.68 Å². The van der Waals surface area contributed by atoms with Crippen LogP contribution in [0.15, 0.2) is 24.8 Å². The van der Waals surface area contributed by atoms with E-state index >= 15 is 0 Å². The first kappa shape index (κ1) is 16.0. The van der Waals surface area contributed by atoms with Gasteiger partial charge in [0.15, 0.2) is 0 Å². The molecule has 1 aliphatic rings. The second-order valence-electron chi connectivity index (χ2n) is 6.51. The van der Waals surface area contributed by atoms with Crippen molar-refractivity contribution in [3.05, 3.63) is 36.0 Å². The van der Waals surface area contributed by atoms with Crippen molar-refractivity contribution < 1.29 is 4.74 Å². The van der Waals surface area contributed by atoms with Crippen LogP contribution >= 0.6 is 0 Å². The molecule has 8 nitrogen and oxygen atoms in total. The van der Waals surface area contributed by atoms with Gasteiger partial charge in [0.25, 0.3) is 5.78 Å². The summed E-state index contributed by atoms with van der Waals surface area (Å²) in [6, 6.07) is 2.13. The van der Waals surface area contributed by atoms with Gasteiger partial charge < -0.3 is 9.64 Å². The molecule has 1 saturated heterocycles. The fourth-order valence-corrected chi connectivity index (χ4v) is 3.27. The van der Waals surface area contributed by atoms with E-state index in [1.165, 1.54) is 0 Å². The minimum Gasteiger partial charge on any atom is -0.373 e. The van der Waals surface area contributed by atoms with E-state index < -0.39 is 0 Å². The molecule has 0 amide bonds. The Balaban J connectivity index is 1.58. The zero-order valence-corrected chi connectivity index (χ0v) is 14.7. The van der Waals surface area contributed by atoms with Crippen molar-refractivity contribution in [1.82, 2.24) is 29.4 Å². The van der Waals surface area contributed by atoms with E-state index in [4.69, 9.17) is 4.74 Å². The Morgan fingerprint density at radius 2 is 2.24 bits per heavy atom. The van der Waals surface area contributed by atoms with Gasteiger partial charge in [0.05, 0.1) is 25.5 Å². The second kappa shape index (κ2) is 6.79. The summed E-state index contributed by atoms with van der Waals surface area (Å²) in [7, 11) is 0. The molecular weight excluding hydrogens is 318 g/mol. The van der Waals surface area contributed by atoms with E-state index in [1.807, 2.05) is 28.5 Å². The van der Waals surface area contributed by atoms with Gasteiger partial charge >= 0.3 is 0 Å². The van der Waals surface area contributed by atoms with Crippen molar-refractivity contribution in [3.63, 3.8) is 0 Å². The van der Waals surface area contributed by atoms with Gasteiger partial charge in [0.2, 0.25) is 0 Å². The third kappa shape index (κ3) is 3.34. The molecule has 1 fully saturated rings. The highest BCUT2D eigenvalue weighted by Gasteiger charge is 2.24. The van der Waals surface area contributed by atoms with Crippen molar-refractivity contribution in [1.29, 1.82) is 0 Å². The summed E-state index contributed by atoms with van der Waals surface area (Å²) >= 11 is 0. The fourth-order valence-electron chi connectivity index (χ4n) is 3.27. The average molecular weight is 341 g/mol. The highest BCUT2D eigenvalue weighted by molar-refractivity contribution is 5.47. The van der Waals surface area contributed by atoms with E-state index in [-0.39, 0.29) is 6.10 Å². The maximum absolute atomic E-state index is 5.95. The lowest BCUT2D eigenvalue weighted by Gasteiger charge is -2.34. The molecule has 0 bridgehead atoms. The normalized spacial score (nSPS) is 18.2. The monoisotopic (exact) mass is 341 g/mol. The molecule has 8 heteroatoms. The van der Waals surface area contributed by atoms with Gasteiger partial charge in [-0.2, -0.15) is 19.7 Å². The van der Waals surface area contributed by atoms with E-state index in [0.29, 0.717) is 12.4 Å². The van der Waals surface area contributed by atoms with Crippen molar-refractivity contribution in [2.45, 2.75) is 39.3 Å². The minimum atomic E-state index is 0.0920. The van der Waals surface area contributed by atoms with Gasteiger partial charge in [-0.05, 0) is 18.9 Å². The smallest absolute Gasteiger partial charge is 0.254 e. The van der Waals surface area contributed by atoms with Crippen LogP contribution in [0.5, 0.6) is 0 Å². The Bertz CT molecular complexity index is 856. The summed E-state index contributed by atoms with van der Waals surface area (Å²) < 4.78 is 9.72. The third-order valence-corrected chi connectivity index (χ3v) is 4.41. The molecule has 1 aliphatic heterocycles. The van der Waals surface area contributed by atoms with Crippen LogP contribution in [0.3, 0.4) is 0 Å². The molecule has 0 aliphatic carbocycles. The quantitative estimate of drug-likeness (QED) is 0.700. The van der Waals surface area contributed by atoms with Gasteiger partial charge in [-0.15, -0.1) is 0 Å². The largest absolute Gasteiger partial charge is 0.373 e. The summed E-state index contributed by atoms with van der Waals surface area (Å²) in [5.74, 6) is 1.70. The molecule has 25 heavy (non-hydrogen) atoms. The number of hydrogen-bond donors (Lipinski definition) is 0. The molecule has 0 saturated carbocycles. The number of aromatic nitrogens is 6. The van der Waals surface area contributed by atoms with E-state index in [9.17, 15) is 0 Å². The summed E-state index contributed by atoms with van der Waals surface area (Å²) in [5, 5.41) is 8.72. The second-order valence-corrected chi connectivity index (χ2v) is 6.51. The van der Waals surface area contributed by atoms with Gasteiger partial charge in [0, 0.05) is 31.0 Å². The highest BCUT2D eigenvalue weighted by atomic mass is 16.5. The van der Waals surface area contributed by atoms with Crippen LogP contribution in [0.1, 0.15) is 24.6 Å². The van der Waals surface area contributed by atoms with Crippen LogP contribution < -0.4 is 4.90 Å². The van der Waals surface area contributed by atoms with E-state index in [0.717, 1.165) is 49.6 Å². The Morgan fingerprint density at radius 3 is 3.04 bits per heavy atom. The topological polar surface area (TPSA) is 73.4 Å². The van der Waals surface area contributed by atoms with Crippen LogP contribution in [0, 0.1) is 6.92 Å². The maximum atomic E-state index is 5.95. The molecule has 3 aromatic rings. The van der Waals surface area contributed by atoms with Crippen molar-refractivity contribution in [3.8, 4) is 0 Å². The number of anilines is 1. The van der Waals surface area contributed by atoms with Gasteiger partial charge in [-0.25, -0.2) is 4.98 Å². The number of morpholine rings is 1. The van der Waals surface area contributed by atoms with Crippen LogP contribution in [0.2, 0.25) is 0 Å². The molecular formula is C17H23N7O. The molecule has 0 N–H and O–H groups in total. The number of nitrogens with zero attached hydrogens (tertiary/aromatic N) is 7.